The number of primary amides is 1. The highest BCUT2D eigenvalue weighted by atomic mass is 32.2. The number of nitrogens with two attached hydrogens (primary N) is 1. The molecule has 1 amide bonds. The molecule has 1 aromatic heterocycles. The average Bonchev–Trinajstić information content (AvgIpc) is 3.12. The molecule has 2 N–H and O–H groups in total. The number of aryl methyl sites for hydroxylation is 2. The molecule has 9 heteroatoms. The Kier molecular flexibility index (Phi) is 5.47. The minimum atomic E-state index is -3.49. The quantitative estimate of drug-likeness (QED) is 0.596. The molecule has 1 fully saturated rings. The Morgan fingerprint density at radius 2 is 1.71 bits per heavy atom. The maximum Gasteiger partial charge on any atom is 0.250 e. The molecule has 2 aromatic carbocycles. The number of hydrogen-bond acceptors (Lipinski definition) is 5. The van der Waals surface area contributed by atoms with Crippen LogP contribution in [0.2, 0.25) is 0 Å². The number of nitrogens with zero attached hydrogens (tertiary/aromatic N) is 4. The van der Waals surface area contributed by atoms with Gasteiger partial charge in [0.25, 0.3) is 5.91 Å². The second-order valence-electron chi connectivity index (χ2n) is 7.61. The maximum atomic E-state index is 12.5. The molecule has 1 aliphatic rings. The van der Waals surface area contributed by atoms with E-state index >= 15 is 0 Å². The lowest BCUT2D eigenvalue weighted by atomic mass is 10.1. The molecule has 0 spiro atoms. The predicted octanol–water partition coefficient (Wildman–Crippen LogP) is 2.44. The van der Waals surface area contributed by atoms with Gasteiger partial charge in [0.05, 0.1) is 10.5 Å². The summed E-state index contributed by atoms with van der Waals surface area (Å²) < 4.78 is 27.9. The summed E-state index contributed by atoms with van der Waals surface area (Å²) in [6, 6.07) is 12.2. The lowest BCUT2D eigenvalue weighted by Crippen LogP contribution is -2.41. The van der Waals surface area contributed by atoms with E-state index in [-0.39, 0.29) is 10.5 Å². The van der Waals surface area contributed by atoms with E-state index in [4.69, 9.17) is 5.73 Å². The highest BCUT2D eigenvalue weighted by Gasteiger charge is 2.29. The number of benzene rings is 2. The second-order valence-corrected chi connectivity index (χ2v) is 9.55. The monoisotopic (exact) mass is 437 g/mol. The molecule has 2 heterocycles. The first kappa shape index (κ1) is 21.0. The smallest absolute Gasteiger partial charge is 0.250 e. The highest BCUT2D eigenvalue weighted by molar-refractivity contribution is 7.89. The molecule has 0 unspecified atom stereocenters. The lowest BCUT2D eigenvalue weighted by Gasteiger charge is -2.29. The average molecular weight is 438 g/mol. The van der Waals surface area contributed by atoms with Gasteiger partial charge in [-0.1, -0.05) is 29.3 Å². The molecular formula is C22H23N5O3S. The third-order valence-electron chi connectivity index (χ3n) is 5.13. The molecule has 0 aliphatic carbocycles. The Morgan fingerprint density at radius 1 is 1.06 bits per heavy atom. The number of amides is 1. The van der Waals surface area contributed by atoms with E-state index in [1.165, 1.54) is 33.6 Å². The predicted molar refractivity (Wildman–Crippen MR) is 118 cm³/mol. The summed E-state index contributed by atoms with van der Waals surface area (Å²) in [5.74, 6) is -0.121. The molecule has 4 rings (SSSR count). The second kappa shape index (κ2) is 8.09. The summed E-state index contributed by atoms with van der Waals surface area (Å²) >= 11 is 0. The first-order valence-corrected chi connectivity index (χ1v) is 11.3. The molecule has 8 nitrogen and oxygen atoms in total. The largest absolute Gasteiger partial charge is 0.366 e. The molecule has 0 saturated carbocycles. The van der Waals surface area contributed by atoms with Crippen molar-refractivity contribution in [3.8, 4) is 11.4 Å². The van der Waals surface area contributed by atoms with Crippen LogP contribution in [0.5, 0.6) is 0 Å². The normalized spacial score (nSPS) is 15.0. The van der Waals surface area contributed by atoms with Gasteiger partial charge in [-0.15, -0.1) is 5.10 Å². The fourth-order valence-electron chi connectivity index (χ4n) is 3.47. The maximum absolute atomic E-state index is 12.5. The van der Waals surface area contributed by atoms with Crippen LogP contribution < -0.4 is 5.73 Å². The van der Waals surface area contributed by atoms with E-state index in [0.29, 0.717) is 24.5 Å². The van der Waals surface area contributed by atoms with Gasteiger partial charge < -0.3 is 5.73 Å². The third-order valence-corrected chi connectivity index (χ3v) is 7.05. The van der Waals surface area contributed by atoms with Gasteiger partial charge in [-0.05, 0) is 50.1 Å². The Bertz CT molecular complexity index is 1250. The van der Waals surface area contributed by atoms with Gasteiger partial charge in [0.2, 0.25) is 10.0 Å². The van der Waals surface area contributed by atoms with Crippen LogP contribution in [0.4, 0.5) is 0 Å². The van der Waals surface area contributed by atoms with Crippen LogP contribution in [0.3, 0.4) is 0 Å². The number of sulfonamides is 1. The number of carbonyl (C=O) groups is 1. The number of carbonyl (C=O) groups excluding carboxylic acids is 1. The van der Waals surface area contributed by atoms with Gasteiger partial charge >= 0.3 is 0 Å². The zero-order valence-corrected chi connectivity index (χ0v) is 18.1. The summed E-state index contributed by atoms with van der Waals surface area (Å²) in [5, 5.41) is 4.43. The molecule has 0 radical (unpaired) electrons. The Balaban J connectivity index is 1.64. The molecular weight excluding hydrogens is 414 g/mol. The van der Waals surface area contributed by atoms with Crippen LogP contribution in [0.15, 0.2) is 53.7 Å². The van der Waals surface area contributed by atoms with Crippen molar-refractivity contribution in [2.45, 2.75) is 25.2 Å². The first-order valence-electron chi connectivity index (χ1n) is 9.86. The minimum absolute atomic E-state index is 0.192. The number of rotatable bonds is 6. The summed E-state index contributed by atoms with van der Waals surface area (Å²) in [5.41, 5.74) is 9.37. The Morgan fingerprint density at radius 3 is 2.26 bits per heavy atom. The number of hydrogen-bond donors (Lipinski definition) is 1. The van der Waals surface area contributed by atoms with E-state index in [0.717, 1.165) is 23.1 Å². The van der Waals surface area contributed by atoms with Crippen LogP contribution >= 0.6 is 0 Å². The standard InChI is InChI=1S/C22H23N5O3S/c1-15-10-16(2)12-18(11-15)22-24-14-26(25-22)13-20(21(23)28)17-4-6-19(7-5-17)31(29,30)27-8-3-9-27/h4-7,10-14H,3,8-9H2,1-2H3,(H2,23,28)/b20-13+. The van der Waals surface area contributed by atoms with E-state index in [2.05, 4.69) is 16.1 Å². The fourth-order valence-corrected chi connectivity index (χ4v) is 4.99. The van der Waals surface area contributed by atoms with Gasteiger partial charge in [-0.25, -0.2) is 18.1 Å². The summed E-state index contributed by atoms with van der Waals surface area (Å²) in [4.78, 5) is 16.6. The highest BCUT2D eigenvalue weighted by Crippen LogP contribution is 2.24. The molecule has 31 heavy (non-hydrogen) atoms. The molecule has 1 aliphatic heterocycles. The molecule has 0 bridgehead atoms. The van der Waals surface area contributed by atoms with E-state index in [9.17, 15) is 13.2 Å². The van der Waals surface area contributed by atoms with E-state index in [1.54, 1.807) is 12.1 Å². The first-order chi connectivity index (χ1) is 14.7. The molecule has 3 aromatic rings. The van der Waals surface area contributed by atoms with E-state index < -0.39 is 15.9 Å². The van der Waals surface area contributed by atoms with Crippen molar-refractivity contribution in [1.82, 2.24) is 19.1 Å². The Hall–Kier alpha value is -3.30. The molecule has 160 valence electrons. The Labute approximate surface area is 181 Å². The van der Waals surface area contributed by atoms with E-state index in [1.807, 2.05) is 26.0 Å². The van der Waals surface area contributed by atoms with Gasteiger partial charge in [0.15, 0.2) is 5.82 Å². The summed E-state index contributed by atoms with van der Waals surface area (Å²) in [6.45, 7) is 5.08. The summed E-state index contributed by atoms with van der Waals surface area (Å²) in [7, 11) is -3.49. The lowest BCUT2D eigenvalue weighted by molar-refractivity contribution is -0.112. The van der Waals surface area contributed by atoms with Crippen LogP contribution in [-0.4, -0.2) is 46.5 Å². The number of aromatic nitrogens is 3. The molecule has 1 saturated heterocycles. The van der Waals surface area contributed by atoms with Crippen molar-refractivity contribution in [3.63, 3.8) is 0 Å². The summed E-state index contributed by atoms with van der Waals surface area (Å²) in [6.07, 6.45) is 3.85. The van der Waals surface area contributed by atoms with Crippen LogP contribution in [0, 0.1) is 13.8 Å². The molecule has 0 atom stereocenters. The van der Waals surface area contributed by atoms with Gasteiger partial charge in [0.1, 0.15) is 6.33 Å². The van der Waals surface area contributed by atoms with Crippen molar-refractivity contribution in [2.75, 3.05) is 13.1 Å². The van der Waals surface area contributed by atoms with Gasteiger partial charge in [-0.3, -0.25) is 4.79 Å². The topological polar surface area (TPSA) is 111 Å². The van der Waals surface area contributed by atoms with Crippen molar-refractivity contribution >= 4 is 27.7 Å². The fraction of sp³-hybridized carbons (Fsp3) is 0.227. The zero-order valence-electron chi connectivity index (χ0n) is 17.3. The van der Waals surface area contributed by atoms with Gasteiger partial charge in [-0.2, -0.15) is 4.31 Å². The van der Waals surface area contributed by atoms with Crippen molar-refractivity contribution in [3.05, 3.63) is 65.5 Å². The minimum Gasteiger partial charge on any atom is -0.366 e. The van der Waals surface area contributed by atoms with Crippen molar-refractivity contribution in [2.24, 2.45) is 5.73 Å². The van der Waals surface area contributed by atoms with Crippen molar-refractivity contribution in [1.29, 1.82) is 0 Å². The zero-order chi connectivity index (χ0) is 22.2. The van der Waals surface area contributed by atoms with Crippen LogP contribution in [0.25, 0.3) is 23.2 Å². The SMILES string of the molecule is Cc1cc(C)cc(-c2ncn(/C=C(/C(N)=O)c3ccc(S(=O)(=O)N4CCC4)cc3)n2)c1. The third kappa shape index (κ3) is 4.28. The van der Waals surface area contributed by atoms with Crippen LogP contribution in [-0.2, 0) is 14.8 Å². The van der Waals surface area contributed by atoms with Crippen LogP contribution in [0.1, 0.15) is 23.1 Å². The van der Waals surface area contributed by atoms with Gasteiger partial charge in [0, 0.05) is 24.9 Å². The van der Waals surface area contributed by atoms with Crippen molar-refractivity contribution < 1.29 is 13.2 Å².